The van der Waals surface area contributed by atoms with Crippen LogP contribution in [-0.4, -0.2) is 9.97 Å². The Morgan fingerprint density at radius 1 is 1.24 bits per heavy atom. The molecule has 1 aromatic carbocycles. The van der Waals surface area contributed by atoms with Crippen molar-refractivity contribution >= 4 is 44.9 Å². The van der Waals surface area contributed by atoms with E-state index in [9.17, 15) is 0 Å². The maximum Gasteiger partial charge on any atom is 0.159 e. The third-order valence-electron chi connectivity index (χ3n) is 2.01. The minimum absolute atomic E-state index is 0.504. The van der Waals surface area contributed by atoms with Crippen LogP contribution in [0.25, 0.3) is 0 Å². The van der Waals surface area contributed by atoms with E-state index >= 15 is 0 Å². The van der Waals surface area contributed by atoms with E-state index < -0.39 is 0 Å². The fourth-order valence-electron chi connectivity index (χ4n) is 1.26. The van der Waals surface area contributed by atoms with Gasteiger partial charge in [-0.15, -0.1) is 0 Å². The Bertz CT molecular complexity index is 534. The van der Waals surface area contributed by atoms with Gasteiger partial charge < -0.3 is 10.7 Å². The van der Waals surface area contributed by atoms with Gasteiger partial charge in [0.25, 0.3) is 0 Å². The topological polar surface area (TPSA) is 75.9 Å². The fourth-order valence-corrected chi connectivity index (χ4v) is 1.87. The normalized spacial score (nSPS) is 10.1. The second-order valence-electron chi connectivity index (χ2n) is 3.16. The number of aromatic nitrogens is 2. The number of hydrazine groups is 1. The lowest BCUT2D eigenvalue weighted by Crippen LogP contribution is -2.10. The second-order valence-corrected chi connectivity index (χ2v) is 4.39. The molecular weight excluding hydrogens is 306 g/mol. The third-order valence-corrected chi connectivity index (χ3v) is 3.00. The Morgan fingerprint density at radius 3 is 2.71 bits per heavy atom. The van der Waals surface area contributed by atoms with Gasteiger partial charge in [-0.3, -0.25) is 0 Å². The zero-order chi connectivity index (χ0) is 12.3. The summed E-state index contributed by atoms with van der Waals surface area (Å²) in [5.41, 5.74) is 3.30. The molecule has 0 amide bonds. The van der Waals surface area contributed by atoms with Crippen LogP contribution in [0.3, 0.4) is 0 Å². The number of halogens is 2. The first kappa shape index (κ1) is 12.1. The molecular formula is C10H9BrClN5. The van der Waals surface area contributed by atoms with Crippen LogP contribution in [0, 0.1) is 0 Å². The van der Waals surface area contributed by atoms with Crippen molar-refractivity contribution in [3.05, 3.63) is 40.1 Å². The molecule has 0 fully saturated rings. The molecule has 17 heavy (non-hydrogen) atoms. The SMILES string of the molecule is NNc1ncnc(Nc2cccc(Cl)c2)c1Br. The molecule has 0 spiro atoms. The van der Waals surface area contributed by atoms with Crippen molar-refractivity contribution in [1.29, 1.82) is 0 Å². The Labute approximate surface area is 112 Å². The highest BCUT2D eigenvalue weighted by Gasteiger charge is 2.07. The van der Waals surface area contributed by atoms with Gasteiger partial charge in [0, 0.05) is 10.7 Å². The number of hydrogen-bond acceptors (Lipinski definition) is 5. The molecule has 0 bridgehead atoms. The Kier molecular flexibility index (Phi) is 3.78. The van der Waals surface area contributed by atoms with E-state index in [1.54, 1.807) is 12.1 Å². The summed E-state index contributed by atoms with van der Waals surface area (Å²) in [6.07, 6.45) is 1.41. The van der Waals surface area contributed by atoms with Gasteiger partial charge >= 0.3 is 0 Å². The number of nitrogens with two attached hydrogens (primary N) is 1. The van der Waals surface area contributed by atoms with Crippen LogP contribution >= 0.6 is 27.5 Å². The number of nitrogen functional groups attached to an aromatic ring is 1. The van der Waals surface area contributed by atoms with Crippen molar-refractivity contribution in [2.75, 3.05) is 10.7 Å². The third kappa shape index (κ3) is 2.85. The fraction of sp³-hybridized carbons (Fsp3) is 0. The predicted molar refractivity (Wildman–Crippen MR) is 72.3 cm³/mol. The standard InChI is InChI=1S/C10H9BrClN5/c11-8-9(14-5-15-10(8)17-13)16-7-3-1-2-6(12)4-7/h1-5H,13H2,(H2,14,15,16,17). The summed E-state index contributed by atoms with van der Waals surface area (Å²) in [6, 6.07) is 7.33. The van der Waals surface area contributed by atoms with Gasteiger partial charge in [-0.05, 0) is 34.1 Å². The van der Waals surface area contributed by atoms with Gasteiger partial charge in [-0.2, -0.15) is 0 Å². The van der Waals surface area contributed by atoms with Crippen molar-refractivity contribution in [3.8, 4) is 0 Å². The van der Waals surface area contributed by atoms with Gasteiger partial charge in [0.2, 0.25) is 0 Å². The van der Waals surface area contributed by atoms with Crippen LogP contribution < -0.4 is 16.6 Å². The van der Waals surface area contributed by atoms with Gasteiger partial charge in [0.05, 0.1) is 0 Å². The summed E-state index contributed by atoms with van der Waals surface area (Å²) in [7, 11) is 0. The zero-order valence-electron chi connectivity index (χ0n) is 8.61. The molecule has 7 heteroatoms. The molecule has 1 heterocycles. The van der Waals surface area contributed by atoms with Crippen molar-refractivity contribution in [2.45, 2.75) is 0 Å². The highest BCUT2D eigenvalue weighted by molar-refractivity contribution is 9.10. The maximum atomic E-state index is 5.89. The van der Waals surface area contributed by atoms with Gasteiger partial charge in [-0.25, -0.2) is 15.8 Å². The molecule has 0 atom stereocenters. The minimum atomic E-state index is 0.504. The second kappa shape index (κ2) is 5.31. The van der Waals surface area contributed by atoms with E-state index in [-0.39, 0.29) is 0 Å². The van der Waals surface area contributed by atoms with Crippen molar-refractivity contribution in [2.24, 2.45) is 5.84 Å². The molecule has 0 aliphatic rings. The predicted octanol–water partition coefficient (Wildman–Crippen LogP) is 2.92. The van der Waals surface area contributed by atoms with E-state index in [4.69, 9.17) is 17.4 Å². The first-order chi connectivity index (χ1) is 8.20. The maximum absolute atomic E-state index is 5.89. The monoisotopic (exact) mass is 313 g/mol. The van der Waals surface area contributed by atoms with Crippen molar-refractivity contribution < 1.29 is 0 Å². The molecule has 0 aliphatic carbocycles. The number of rotatable bonds is 3. The van der Waals surface area contributed by atoms with Gasteiger partial charge in [0.1, 0.15) is 16.6 Å². The molecule has 0 saturated carbocycles. The molecule has 0 radical (unpaired) electrons. The Balaban J connectivity index is 2.30. The van der Waals surface area contributed by atoms with Gasteiger partial charge in [0.15, 0.2) is 5.82 Å². The highest BCUT2D eigenvalue weighted by Crippen LogP contribution is 2.28. The number of hydrogen-bond donors (Lipinski definition) is 3. The van der Waals surface area contributed by atoms with E-state index in [1.807, 2.05) is 12.1 Å². The molecule has 1 aromatic heterocycles. The summed E-state index contributed by atoms with van der Waals surface area (Å²) in [5, 5.41) is 3.76. The number of nitrogens with zero attached hydrogens (tertiary/aromatic N) is 2. The summed E-state index contributed by atoms with van der Waals surface area (Å²) in [6.45, 7) is 0. The number of nitrogens with one attached hydrogen (secondary N) is 2. The van der Waals surface area contributed by atoms with Gasteiger partial charge in [-0.1, -0.05) is 17.7 Å². The molecule has 0 aliphatic heterocycles. The van der Waals surface area contributed by atoms with Crippen LogP contribution in [0.4, 0.5) is 17.3 Å². The van der Waals surface area contributed by atoms with Crippen LogP contribution in [0.15, 0.2) is 35.1 Å². The largest absolute Gasteiger partial charge is 0.339 e. The van der Waals surface area contributed by atoms with Crippen LogP contribution in [0.5, 0.6) is 0 Å². The summed E-state index contributed by atoms with van der Waals surface area (Å²) in [5.74, 6) is 6.43. The summed E-state index contributed by atoms with van der Waals surface area (Å²) < 4.78 is 0.655. The first-order valence-electron chi connectivity index (χ1n) is 4.70. The molecule has 88 valence electrons. The lowest BCUT2D eigenvalue weighted by atomic mass is 10.3. The average molecular weight is 315 g/mol. The molecule has 4 N–H and O–H groups in total. The Hall–Kier alpha value is -1.37. The van der Waals surface area contributed by atoms with Crippen LogP contribution in [0.2, 0.25) is 5.02 Å². The van der Waals surface area contributed by atoms with E-state index in [1.165, 1.54) is 6.33 Å². The van der Waals surface area contributed by atoms with E-state index in [0.29, 0.717) is 21.1 Å². The molecule has 0 unspecified atom stereocenters. The van der Waals surface area contributed by atoms with Crippen molar-refractivity contribution in [1.82, 2.24) is 9.97 Å². The van der Waals surface area contributed by atoms with E-state index in [0.717, 1.165) is 5.69 Å². The molecule has 0 saturated heterocycles. The highest BCUT2D eigenvalue weighted by atomic mass is 79.9. The Morgan fingerprint density at radius 2 is 2.00 bits per heavy atom. The average Bonchev–Trinajstić information content (AvgIpc) is 2.32. The molecule has 2 aromatic rings. The first-order valence-corrected chi connectivity index (χ1v) is 5.87. The summed E-state index contributed by atoms with van der Waals surface area (Å²) >= 11 is 9.25. The van der Waals surface area contributed by atoms with E-state index in [2.05, 4.69) is 36.6 Å². The lowest BCUT2D eigenvalue weighted by molar-refractivity contribution is 1.12. The summed E-state index contributed by atoms with van der Waals surface area (Å²) in [4.78, 5) is 8.06. The quantitative estimate of drug-likeness (QED) is 0.600. The molecule has 5 nitrogen and oxygen atoms in total. The number of anilines is 3. The minimum Gasteiger partial charge on any atom is -0.339 e. The molecule has 2 rings (SSSR count). The lowest BCUT2D eigenvalue weighted by Gasteiger charge is -2.09. The van der Waals surface area contributed by atoms with Crippen LogP contribution in [0.1, 0.15) is 0 Å². The van der Waals surface area contributed by atoms with Crippen LogP contribution in [-0.2, 0) is 0 Å². The smallest absolute Gasteiger partial charge is 0.159 e. The number of benzene rings is 1. The zero-order valence-corrected chi connectivity index (χ0v) is 11.0. The van der Waals surface area contributed by atoms with Crippen molar-refractivity contribution in [3.63, 3.8) is 0 Å².